The van der Waals surface area contributed by atoms with Crippen LogP contribution in [0.3, 0.4) is 0 Å². The number of anilines is 1. The van der Waals surface area contributed by atoms with Gasteiger partial charge in [-0.15, -0.1) is 11.3 Å². The van der Waals surface area contributed by atoms with Crippen molar-refractivity contribution in [2.45, 2.75) is 19.9 Å². The van der Waals surface area contributed by atoms with E-state index in [0.717, 1.165) is 22.5 Å². The first-order valence-corrected chi connectivity index (χ1v) is 12.1. The molecule has 31 heavy (non-hydrogen) atoms. The van der Waals surface area contributed by atoms with Crippen LogP contribution in [-0.2, 0) is 14.6 Å². The predicted octanol–water partition coefficient (Wildman–Crippen LogP) is 1.89. The fourth-order valence-corrected chi connectivity index (χ4v) is 5.07. The SMILES string of the molecule is CCOc1nc(C(CS(C)(=O)=O)N2C(=O)c3csc(NC(C)=O)c3C2=O)ccc1OC. The first-order chi connectivity index (χ1) is 14.6. The van der Waals surface area contributed by atoms with Gasteiger partial charge in [0.2, 0.25) is 5.91 Å². The normalized spacial score (nSPS) is 14.4. The van der Waals surface area contributed by atoms with Crippen LogP contribution in [0.5, 0.6) is 11.6 Å². The number of hydrogen-bond donors (Lipinski definition) is 1. The number of carbonyl (C=O) groups excluding carboxylic acids is 3. The molecule has 1 unspecified atom stereocenters. The van der Waals surface area contributed by atoms with Gasteiger partial charge in [-0.2, -0.15) is 0 Å². The van der Waals surface area contributed by atoms with Gasteiger partial charge < -0.3 is 14.8 Å². The van der Waals surface area contributed by atoms with E-state index in [4.69, 9.17) is 9.47 Å². The maximum Gasteiger partial charge on any atom is 0.265 e. The maximum atomic E-state index is 13.2. The van der Waals surface area contributed by atoms with Gasteiger partial charge in [0.15, 0.2) is 5.75 Å². The van der Waals surface area contributed by atoms with Crippen LogP contribution >= 0.6 is 11.3 Å². The number of methoxy groups -OCH3 is 1. The number of rotatable bonds is 8. The quantitative estimate of drug-likeness (QED) is 0.582. The number of aromatic nitrogens is 1. The monoisotopic (exact) mass is 467 g/mol. The smallest absolute Gasteiger partial charge is 0.265 e. The number of hydrogen-bond acceptors (Lipinski definition) is 9. The first kappa shape index (κ1) is 22.7. The fourth-order valence-electron chi connectivity index (χ4n) is 3.21. The molecule has 12 heteroatoms. The zero-order chi connectivity index (χ0) is 22.9. The van der Waals surface area contributed by atoms with Crippen LogP contribution in [0.4, 0.5) is 5.00 Å². The standard InChI is InChI=1S/C19H21N3O7S2/c1-5-29-16-14(28-3)7-6-12(21-16)13(9-31(4,26)27)22-18(24)11-8-30-17(20-10(2)23)15(11)19(22)25/h6-8,13H,5,9H2,1-4H3,(H,20,23). The van der Waals surface area contributed by atoms with E-state index in [1.807, 2.05) is 0 Å². The molecule has 1 N–H and O–H groups in total. The molecule has 1 aliphatic heterocycles. The average molecular weight is 468 g/mol. The summed E-state index contributed by atoms with van der Waals surface area (Å²) < 4.78 is 35.0. The van der Waals surface area contributed by atoms with Gasteiger partial charge >= 0.3 is 0 Å². The summed E-state index contributed by atoms with van der Waals surface area (Å²) in [5.74, 6) is -1.83. The van der Waals surface area contributed by atoms with Crippen molar-refractivity contribution in [1.29, 1.82) is 0 Å². The lowest BCUT2D eigenvalue weighted by Gasteiger charge is -2.26. The summed E-state index contributed by atoms with van der Waals surface area (Å²) in [6, 6.07) is 1.83. The van der Waals surface area contributed by atoms with Crippen molar-refractivity contribution < 1.29 is 32.3 Å². The topological polar surface area (TPSA) is 132 Å². The van der Waals surface area contributed by atoms with Gasteiger partial charge in [0.1, 0.15) is 14.8 Å². The van der Waals surface area contributed by atoms with E-state index in [-0.39, 0.29) is 34.3 Å². The van der Waals surface area contributed by atoms with E-state index in [1.54, 1.807) is 6.92 Å². The molecule has 0 fully saturated rings. The van der Waals surface area contributed by atoms with E-state index >= 15 is 0 Å². The van der Waals surface area contributed by atoms with Crippen LogP contribution in [0.1, 0.15) is 46.3 Å². The number of carbonyl (C=O) groups is 3. The number of thiophene rings is 1. The van der Waals surface area contributed by atoms with Gasteiger partial charge in [-0.25, -0.2) is 13.4 Å². The van der Waals surface area contributed by atoms with Crippen molar-refractivity contribution in [3.8, 4) is 11.6 Å². The van der Waals surface area contributed by atoms with Gasteiger partial charge in [-0.1, -0.05) is 0 Å². The molecular weight excluding hydrogens is 446 g/mol. The zero-order valence-corrected chi connectivity index (χ0v) is 18.9. The van der Waals surface area contributed by atoms with Gasteiger partial charge in [0, 0.05) is 18.6 Å². The molecular formula is C19H21N3O7S2. The molecule has 3 heterocycles. The molecule has 0 spiro atoms. The molecule has 0 bridgehead atoms. The summed E-state index contributed by atoms with van der Waals surface area (Å²) >= 11 is 1.05. The number of nitrogens with one attached hydrogen (secondary N) is 1. The second-order valence-corrected chi connectivity index (χ2v) is 9.86. The lowest BCUT2D eigenvalue weighted by molar-refractivity contribution is -0.114. The molecule has 1 aliphatic rings. The van der Waals surface area contributed by atoms with Crippen LogP contribution in [0.15, 0.2) is 17.5 Å². The molecule has 2 aromatic rings. The van der Waals surface area contributed by atoms with Crippen molar-refractivity contribution >= 4 is 43.9 Å². The Labute approximate surface area is 183 Å². The van der Waals surface area contributed by atoms with Gasteiger partial charge in [-0.3, -0.25) is 19.3 Å². The van der Waals surface area contributed by atoms with Crippen LogP contribution < -0.4 is 14.8 Å². The highest BCUT2D eigenvalue weighted by molar-refractivity contribution is 7.90. The average Bonchev–Trinajstić information content (AvgIpc) is 3.19. The van der Waals surface area contributed by atoms with Gasteiger partial charge in [0.25, 0.3) is 17.7 Å². The van der Waals surface area contributed by atoms with E-state index in [2.05, 4.69) is 10.3 Å². The second-order valence-electron chi connectivity index (χ2n) is 6.80. The Morgan fingerprint density at radius 3 is 2.58 bits per heavy atom. The van der Waals surface area contributed by atoms with E-state index in [9.17, 15) is 22.8 Å². The molecule has 0 aromatic carbocycles. The molecule has 0 saturated carbocycles. The third-order valence-electron chi connectivity index (χ3n) is 4.42. The van der Waals surface area contributed by atoms with Gasteiger partial charge in [0.05, 0.1) is 42.3 Å². The Balaban J connectivity index is 2.09. The highest BCUT2D eigenvalue weighted by Crippen LogP contribution is 2.40. The third-order valence-corrected chi connectivity index (χ3v) is 6.24. The predicted molar refractivity (Wildman–Crippen MR) is 114 cm³/mol. The Morgan fingerprint density at radius 1 is 1.29 bits per heavy atom. The molecule has 0 aliphatic carbocycles. The lowest BCUT2D eigenvalue weighted by atomic mass is 10.1. The van der Waals surface area contributed by atoms with Crippen LogP contribution in [0, 0.1) is 0 Å². The number of pyridine rings is 1. The van der Waals surface area contributed by atoms with E-state index in [0.29, 0.717) is 5.75 Å². The van der Waals surface area contributed by atoms with Gasteiger partial charge in [-0.05, 0) is 19.1 Å². The highest BCUT2D eigenvalue weighted by Gasteiger charge is 2.45. The summed E-state index contributed by atoms with van der Waals surface area (Å²) in [5, 5.41) is 4.23. The Hall–Kier alpha value is -2.99. The summed E-state index contributed by atoms with van der Waals surface area (Å²) in [4.78, 5) is 42.9. The van der Waals surface area contributed by atoms with Crippen LogP contribution in [0.25, 0.3) is 0 Å². The number of fused-ring (bicyclic) bond motifs is 1. The van der Waals surface area contributed by atoms with Crippen molar-refractivity contribution in [3.05, 3.63) is 34.3 Å². The number of amides is 3. The maximum absolute atomic E-state index is 13.2. The lowest BCUT2D eigenvalue weighted by Crippen LogP contribution is -2.38. The van der Waals surface area contributed by atoms with E-state index in [1.165, 1.54) is 31.5 Å². The highest BCUT2D eigenvalue weighted by atomic mass is 32.2. The molecule has 166 valence electrons. The summed E-state index contributed by atoms with van der Waals surface area (Å²) in [7, 11) is -2.19. The Morgan fingerprint density at radius 2 is 2.00 bits per heavy atom. The number of nitrogens with zero attached hydrogens (tertiary/aromatic N) is 2. The number of sulfone groups is 1. The van der Waals surface area contributed by atoms with Crippen molar-refractivity contribution in [2.24, 2.45) is 0 Å². The minimum atomic E-state index is -3.62. The second kappa shape index (κ2) is 8.63. The molecule has 3 amide bonds. The number of imide groups is 1. The van der Waals surface area contributed by atoms with Crippen molar-refractivity contribution in [2.75, 3.05) is 31.0 Å². The molecule has 10 nitrogen and oxygen atoms in total. The van der Waals surface area contributed by atoms with Crippen molar-refractivity contribution in [3.63, 3.8) is 0 Å². The zero-order valence-electron chi connectivity index (χ0n) is 17.3. The Kier molecular flexibility index (Phi) is 6.32. The molecule has 0 saturated heterocycles. The molecule has 3 rings (SSSR count). The molecule has 2 aromatic heterocycles. The minimum absolute atomic E-state index is 0.0437. The summed E-state index contributed by atoms with van der Waals surface area (Å²) in [6.45, 7) is 3.31. The first-order valence-electron chi connectivity index (χ1n) is 9.19. The fraction of sp³-hybridized carbons (Fsp3) is 0.368. The summed E-state index contributed by atoms with van der Waals surface area (Å²) in [5.41, 5.74) is 0.310. The summed E-state index contributed by atoms with van der Waals surface area (Å²) in [6.07, 6.45) is 1.01. The molecule has 1 atom stereocenters. The van der Waals surface area contributed by atoms with Crippen LogP contribution in [0.2, 0.25) is 0 Å². The Bertz CT molecular complexity index is 1160. The van der Waals surface area contributed by atoms with Crippen LogP contribution in [-0.4, -0.2) is 61.7 Å². The molecule has 0 radical (unpaired) electrons. The van der Waals surface area contributed by atoms with E-state index < -0.39 is 39.4 Å². The third kappa shape index (κ3) is 4.54. The minimum Gasteiger partial charge on any atom is -0.491 e. The van der Waals surface area contributed by atoms with Crippen molar-refractivity contribution in [1.82, 2.24) is 9.88 Å². The largest absolute Gasteiger partial charge is 0.491 e. The number of ether oxygens (including phenoxy) is 2.